The van der Waals surface area contributed by atoms with Crippen molar-refractivity contribution in [2.75, 3.05) is 0 Å². The third-order valence-electron chi connectivity index (χ3n) is 13.4. The fourth-order valence-corrected chi connectivity index (χ4v) is 12.9. The number of rotatable bonds is 5. The summed E-state index contributed by atoms with van der Waals surface area (Å²) in [5.41, 5.74) is 10.6. The Labute approximate surface area is 376 Å². The Bertz CT molecular complexity index is 3920. The van der Waals surface area contributed by atoms with E-state index in [-0.39, 0.29) is 18.5 Å². The minimum absolute atomic E-state index is 0.134. The number of aromatic nitrogens is 2. The van der Waals surface area contributed by atoms with Gasteiger partial charge in [0.2, 0.25) is 0 Å². The summed E-state index contributed by atoms with van der Waals surface area (Å²) >= 11 is 3.75. The lowest BCUT2D eigenvalue weighted by molar-refractivity contribution is 0.203. The van der Waals surface area contributed by atoms with Crippen molar-refractivity contribution in [1.82, 2.24) is 25.1 Å². The third kappa shape index (κ3) is 5.40. The zero-order chi connectivity index (χ0) is 41.9. The molecule has 3 N–H and O–H groups in total. The van der Waals surface area contributed by atoms with Gasteiger partial charge in [0.15, 0.2) is 0 Å². The highest BCUT2D eigenvalue weighted by Gasteiger charge is 2.33. The number of thiophene rings is 2. The van der Waals surface area contributed by atoms with Crippen LogP contribution in [0.15, 0.2) is 200 Å². The molecule has 64 heavy (non-hydrogen) atoms. The molecule has 7 heteroatoms. The van der Waals surface area contributed by atoms with Gasteiger partial charge in [-0.25, -0.2) is 0 Å². The van der Waals surface area contributed by atoms with Crippen LogP contribution in [0.5, 0.6) is 0 Å². The number of hydrogen-bond donors (Lipinski definition) is 3. The predicted molar refractivity (Wildman–Crippen MR) is 271 cm³/mol. The van der Waals surface area contributed by atoms with Crippen LogP contribution in [0.2, 0.25) is 0 Å². The van der Waals surface area contributed by atoms with Gasteiger partial charge in [-0.15, -0.1) is 22.7 Å². The molecule has 0 amide bonds. The Morgan fingerprint density at radius 1 is 0.344 bits per heavy atom. The van der Waals surface area contributed by atoms with Gasteiger partial charge in [-0.2, -0.15) is 0 Å². The Balaban J connectivity index is 1.10. The van der Waals surface area contributed by atoms with E-state index in [9.17, 15) is 0 Å². The van der Waals surface area contributed by atoms with E-state index >= 15 is 0 Å². The maximum atomic E-state index is 4.10. The van der Waals surface area contributed by atoms with Crippen molar-refractivity contribution in [3.63, 3.8) is 0 Å². The Morgan fingerprint density at radius 2 is 0.797 bits per heavy atom. The number of hydrogen-bond acceptors (Lipinski definition) is 5. The molecule has 2 unspecified atom stereocenters. The minimum Gasteiger partial charge on any atom is -0.309 e. The van der Waals surface area contributed by atoms with Crippen molar-refractivity contribution in [1.29, 1.82) is 0 Å². The van der Waals surface area contributed by atoms with Gasteiger partial charge in [-0.05, 0) is 65.7 Å². The molecule has 0 spiro atoms. The lowest BCUT2D eigenvalue weighted by Gasteiger charge is -2.40. The monoisotopic (exact) mass is 857 g/mol. The molecule has 2 atom stereocenters. The van der Waals surface area contributed by atoms with E-state index in [0.717, 1.165) is 16.9 Å². The predicted octanol–water partition coefficient (Wildman–Crippen LogP) is 14.8. The summed E-state index contributed by atoms with van der Waals surface area (Å²) in [5, 5.41) is 22.3. The molecule has 13 aromatic rings. The normalized spacial score (nSPS) is 17.0. The highest BCUT2D eigenvalue weighted by atomic mass is 32.1. The highest BCUT2D eigenvalue weighted by Crippen LogP contribution is 2.46. The van der Waals surface area contributed by atoms with Crippen LogP contribution in [-0.2, 0) is 0 Å². The van der Waals surface area contributed by atoms with Crippen LogP contribution in [0, 0.1) is 0 Å². The van der Waals surface area contributed by atoms with Gasteiger partial charge >= 0.3 is 0 Å². The average molecular weight is 858 g/mol. The molecule has 4 aromatic heterocycles. The quantitative estimate of drug-likeness (QED) is 0.162. The Morgan fingerprint density at radius 3 is 1.36 bits per heavy atom. The van der Waals surface area contributed by atoms with Gasteiger partial charge in [-0.1, -0.05) is 146 Å². The van der Waals surface area contributed by atoms with Gasteiger partial charge in [0.05, 0.1) is 46.3 Å². The second-order valence-electron chi connectivity index (χ2n) is 16.9. The van der Waals surface area contributed by atoms with Crippen molar-refractivity contribution in [2.24, 2.45) is 0 Å². The molecular formula is C57H39N5S2. The van der Waals surface area contributed by atoms with E-state index in [1.54, 1.807) is 0 Å². The minimum atomic E-state index is -0.267. The standard InChI is InChI=1S/C57H39N5S2/c1-3-15-34(16-4-1)55-58-56(35-17-5-2-6-18-35)60-57(59-55)43-33-36(61-44-23-11-7-19-37(44)39-28-31-49-51(53(39)61)41-21-9-13-25-47(41)63-49)27-30-46(43)62-45-24-12-8-20-38(45)40-29-32-50-52(54(40)62)42-22-10-14-26-48(42)64-50/h1-33,55-60H. The number of para-hydroxylation sites is 2. The largest absolute Gasteiger partial charge is 0.309 e. The van der Waals surface area contributed by atoms with E-state index in [1.165, 1.54) is 95.1 Å². The van der Waals surface area contributed by atoms with Crippen LogP contribution in [-0.4, -0.2) is 9.13 Å². The molecule has 304 valence electrons. The number of nitrogens with one attached hydrogen (secondary N) is 3. The maximum absolute atomic E-state index is 4.10. The maximum Gasteiger partial charge on any atom is 0.0885 e. The molecule has 1 fully saturated rings. The van der Waals surface area contributed by atoms with Crippen LogP contribution < -0.4 is 16.0 Å². The fourth-order valence-electron chi connectivity index (χ4n) is 10.7. The zero-order valence-electron chi connectivity index (χ0n) is 34.5. The van der Waals surface area contributed by atoms with E-state index in [2.05, 4.69) is 225 Å². The first-order chi connectivity index (χ1) is 31.7. The van der Waals surface area contributed by atoms with E-state index < -0.39 is 0 Å². The Hall–Kier alpha value is -7.10. The van der Waals surface area contributed by atoms with Crippen LogP contribution >= 0.6 is 22.7 Å². The highest BCUT2D eigenvalue weighted by molar-refractivity contribution is 7.26. The summed E-state index contributed by atoms with van der Waals surface area (Å²) < 4.78 is 10.3. The zero-order valence-corrected chi connectivity index (χ0v) is 36.1. The molecule has 0 aliphatic carbocycles. The summed E-state index contributed by atoms with van der Waals surface area (Å²) in [4.78, 5) is 0. The second kappa shape index (κ2) is 14.2. The summed E-state index contributed by atoms with van der Waals surface area (Å²) in [6.07, 6.45) is -0.536. The third-order valence-corrected chi connectivity index (χ3v) is 15.7. The molecule has 5 nitrogen and oxygen atoms in total. The smallest absolute Gasteiger partial charge is 0.0885 e. The molecule has 0 radical (unpaired) electrons. The number of nitrogens with zero attached hydrogens (tertiary/aromatic N) is 2. The van der Waals surface area contributed by atoms with Gasteiger partial charge in [0, 0.05) is 73.1 Å². The average Bonchev–Trinajstić information content (AvgIpc) is 4.12. The fraction of sp³-hybridized carbons (Fsp3) is 0.0526. The molecule has 0 saturated carbocycles. The first-order valence-electron chi connectivity index (χ1n) is 21.9. The molecule has 14 rings (SSSR count). The number of benzene rings is 9. The van der Waals surface area contributed by atoms with Crippen LogP contribution in [0.4, 0.5) is 0 Å². The van der Waals surface area contributed by atoms with Gasteiger partial charge in [0.25, 0.3) is 0 Å². The van der Waals surface area contributed by atoms with Gasteiger partial charge in [0.1, 0.15) is 0 Å². The Kier molecular flexibility index (Phi) is 8.08. The number of fused-ring (bicyclic) bond motifs is 14. The summed E-state index contributed by atoms with van der Waals surface area (Å²) in [6, 6.07) is 73.7. The molecule has 1 saturated heterocycles. The lowest BCUT2D eigenvalue weighted by Crippen LogP contribution is -2.54. The molecule has 1 aliphatic rings. The molecule has 5 heterocycles. The van der Waals surface area contributed by atoms with E-state index in [4.69, 9.17) is 0 Å². The topological polar surface area (TPSA) is 46.0 Å². The SMILES string of the molecule is c1ccc(C2NC(c3ccccc3)NC(c3cc(-n4c5ccccc5c5ccc6sc7ccccc7c6c54)ccc3-n3c4ccccc4c4ccc5sc6ccccc6c5c43)N2)cc1. The molecule has 0 bridgehead atoms. The van der Waals surface area contributed by atoms with Crippen LogP contribution in [0.1, 0.15) is 35.2 Å². The molecular weight excluding hydrogens is 819 g/mol. The van der Waals surface area contributed by atoms with Crippen LogP contribution in [0.3, 0.4) is 0 Å². The van der Waals surface area contributed by atoms with Crippen molar-refractivity contribution in [2.45, 2.75) is 18.5 Å². The van der Waals surface area contributed by atoms with E-state index in [0.29, 0.717) is 0 Å². The first-order valence-corrected chi connectivity index (χ1v) is 23.6. The summed E-state index contributed by atoms with van der Waals surface area (Å²) in [5.74, 6) is 0. The van der Waals surface area contributed by atoms with Crippen molar-refractivity contribution in [3.05, 3.63) is 217 Å². The van der Waals surface area contributed by atoms with Crippen molar-refractivity contribution >= 4 is 107 Å². The second-order valence-corrected chi connectivity index (χ2v) is 19.1. The van der Waals surface area contributed by atoms with Crippen LogP contribution in [0.25, 0.3) is 95.3 Å². The van der Waals surface area contributed by atoms with Crippen molar-refractivity contribution in [3.8, 4) is 11.4 Å². The lowest BCUT2D eigenvalue weighted by atomic mass is 10.0. The summed E-state index contributed by atoms with van der Waals surface area (Å²) in [7, 11) is 0. The van der Waals surface area contributed by atoms with Gasteiger partial charge < -0.3 is 9.13 Å². The van der Waals surface area contributed by atoms with Crippen molar-refractivity contribution < 1.29 is 0 Å². The van der Waals surface area contributed by atoms with Gasteiger partial charge in [-0.3, -0.25) is 16.0 Å². The first kappa shape index (κ1) is 36.4. The summed E-state index contributed by atoms with van der Waals surface area (Å²) in [6.45, 7) is 0. The van der Waals surface area contributed by atoms with E-state index in [1.807, 2.05) is 22.7 Å². The molecule has 1 aliphatic heterocycles. The molecule has 9 aromatic carbocycles.